The second-order valence-corrected chi connectivity index (χ2v) is 8.21. The van der Waals surface area contributed by atoms with Crippen molar-refractivity contribution < 1.29 is 14.3 Å². The number of carbonyl (C=O) groups excluding carboxylic acids is 2. The molecule has 2 aromatic rings. The maximum atomic E-state index is 13.2. The lowest BCUT2D eigenvalue weighted by Gasteiger charge is -2.30. The van der Waals surface area contributed by atoms with Crippen LogP contribution in [0.15, 0.2) is 42.5 Å². The van der Waals surface area contributed by atoms with Gasteiger partial charge in [-0.25, -0.2) is 0 Å². The molecular formula is C25H33ClN2O3. The zero-order valence-corrected chi connectivity index (χ0v) is 19.7. The number of benzene rings is 2. The number of nitrogens with one attached hydrogen (secondary N) is 1. The largest absolute Gasteiger partial charge is 0.483 e. The van der Waals surface area contributed by atoms with Crippen molar-refractivity contribution in [3.8, 4) is 5.75 Å². The topological polar surface area (TPSA) is 58.6 Å². The van der Waals surface area contributed by atoms with Crippen LogP contribution in [0.4, 0.5) is 0 Å². The second kappa shape index (κ2) is 12.4. The number of unbranched alkanes of at least 4 members (excludes halogenated alkanes) is 1. The third-order valence-corrected chi connectivity index (χ3v) is 5.42. The van der Waals surface area contributed by atoms with Gasteiger partial charge in [-0.1, -0.05) is 61.7 Å². The SMILES string of the molecule is CCCCNC(=O)[C@@H](CC)N(Cc1ccc(Cl)cc1)C(=O)COc1ccc(C)cc1C. The minimum atomic E-state index is -0.567. The maximum Gasteiger partial charge on any atom is 0.261 e. The Balaban J connectivity index is 2.18. The Morgan fingerprint density at radius 2 is 1.81 bits per heavy atom. The van der Waals surface area contributed by atoms with Gasteiger partial charge in [-0.15, -0.1) is 0 Å². The molecular weight excluding hydrogens is 412 g/mol. The summed E-state index contributed by atoms with van der Waals surface area (Å²) >= 11 is 6.00. The molecule has 31 heavy (non-hydrogen) atoms. The highest BCUT2D eigenvalue weighted by molar-refractivity contribution is 6.30. The molecule has 0 aromatic heterocycles. The monoisotopic (exact) mass is 444 g/mol. The van der Waals surface area contributed by atoms with Crippen LogP contribution in [0.25, 0.3) is 0 Å². The quantitative estimate of drug-likeness (QED) is 0.493. The van der Waals surface area contributed by atoms with Crippen molar-refractivity contribution in [3.05, 3.63) is 64.2 Å². The minimum Gasteiger partial charge on any atom is -0.483 e. The van der Waals surface area contributed by atoms with Crippen LogP contribution in [0.5, 0.6) is 5.75 Å². The molecule has 0 bridgehead atoms. The lowest BCUT2D eigenvalue weighted by molar-refractivity contribution is -0.143. The molecule has 168 valence electrons. The molecule has 0 unspecified atom stereocenters. The van der Waals surface area contributed by atoms with Gasteiger partial charge in [0.2, 0.25) is 5.91 Å². The summed E-state index contributed by atoms with van der Waals surface area (Å²) < 4.78 is 5.82. The molecule has 0 heterocycles. The van der Waals surface area contributed by atoms with Gasteiger partial charge < -0.3 is 15.0 Å². The fourth-order valence-electron chi connectivity index (χ4n) is 3.40. The molecule has 6 heteroatoms. The second-order valence-electron chi connectivity index (χ2n) is 7.77. The van der Waals surface area contributed by atoms with Crippen LogP contribution < -0.4 is 10.1 Å². The highest BCUT2D eigenvalue weighted by Gasteiger charge is 2.28. The Hall–Kier alpha value is -2.53. The zero-order chi connectivity index (χ0) is 22.8. The van der Waals surface area contributed by atoms with E-state index in [0.717, 1.165) is 29.5 Å². The van der Waals surface area contributed by atoms with Crippen LogP contribution in [-0.2, 0) is 16.1 Å². The maximum absolute atomic E-state index is 13.2. The van der Waals surface area contributed by atoms with E-state index in [9.17, 15) is 9.59 Å². The van der Waals surface area contributed by atoms with Gasteiger partial charge in [-0.05, 0) is 56.0 Å². The van der Waals surface area contributed by atoms with Gasteiger partial charge in [-0.2, -0.15) is 0 Å². The smallest absolute Gasteiger partial charge is 0.261 e. The Kier molecular flexibility index (Phi) is 9.86. The molecule has 0 radical (unpaired) electrons. The predicted molar refractivity (Wildman–Crippen MR) is 125 cm³/mol. The Bertz CT molecular complexity index is 868. The Morgan fingerprint density at radius 1 is 1.10 bits per heavy atom. The molecule has 2 amide bonds. The van der Waals surface area contributed by atoms with E-state index in [1.54, 1.807) is 17.0 Å². The average molecular weight is 445 g/mol. The third-order valence-electron chi connectivity index (χ3n) is 5.16. The molecule has 0 aliphatic heterocycles. The van der Waals surface area contributed by atoms with Crippen molar-refractivity contribution in [2.45, 2.75) is 59.5 Å². The molecule has 0 spiro atoms. The number of halogens is 1. The van der Waals surface area contributed by atoms with E-state index in [0.29, 0.717) is 30.3 Å². The highest BCUT2D eigenvalue weighted by atomic mass is 35.5. The van der Waals surface area contributed by atoms with Gasteiger partial charge in [0.05, 0.1) is 0 Å². The first kappa shape index (κ1) is 24.7. The number of amides is 2. The first-order valence-corrected chi connectivity index (χ1v) is 11.2. The van der Waals surface area contributed by atoms with Gasteiger partial charge in [0, 0.05) is 18.1 Å². The van der Waals surface area contributed by atoms with E-state index in [2.05, 4.69) is 12.2 Å². The third kappa shape index (κ3) is 7.59. The van der Waals surface area contributed by atoms with Gasteiger partial charge in [0.25, 0.3) is 5.91 Å². The zero-order valence-electron chi connectivity index (χ0n) is 18.9. The molecule has 2 aromatic carbocycles. The summed E-state index contributed by atoms with van der Waals surface area (Å²) in [6.07, 6.45) is 2.41. The van der Waals surface area contributed by atoms with E-state index in [1.165, 1.54) is 0 Å². The first-order chi connectivity index (χ1) is 14.8. The molecule has 0 aliphatic carbocycles. The van der Waals surface area contributed by atoms with E-state index in [4.69, 9.17) is 16.3 Å². The van der Waals surface area contributed by atoms with Gasteiger partial charge in [0.15, 0.2) is 6.61 Å². The van der Waals surface area contributed by atoms with Crippen molar-refractivity contribution in [1.82, 2.24) is 10.2 Å². The van der Waals surface area contributed by atoms with Gasteiger partial charge in [0.1, 0.15) is 11.8 Å². The summed E-state index contributed by atoms with van der Waals surface area (Å²) in [6.45, 7) is 8.74. The predicted octanol–water partition coefficient (Wildman–Crippen LogP) is 5.06. The molecule has 0 saturated heterocycles. The lowest BCUT2D eigenvalue weighted by atomic mass is 10.1. The van der Waals surface area contributed by atoms with Crippen LogP contribution in [-0.4, -0.2) is 35.9 Å². The summed E-state index contributed by atoms with van der Waals surface area (Å²) in [5.74, 6) is 0.308. The van der Waals surface area contributed by atoms with Crippen molar-refractivity contribution >= 4 is 23.4 Å². The Morgan fingerprint density at radius 3 is 2.42 bits per heavy atom. The van der Waals surface area contributed by atoms with Crippen molar-refractivity contribution in [3.63, 3.8) is 0 Å². The van der Waals surface area contributed by atoms with Gasteiger partial charge in [-0.3, -0.25) is 9.59 Å². The number of nitrogens with zero attached hydrogens (tertiary/aromatic N) is 1. The lowest BCUT2D eigenvalue weighted by Crippen LogP contribution is -2.50. The average Bonchev–Trinajstić information content (AvgIpc) is 2.74. The van der Waals surface area contributed by atoms with Gasteiger partial charge >= 0.3 is 0 Å². The summed E-state index contributed by atoms with van der Waals surface area (Å²) in [7, 11) is 0. The van der Waals surface area contributed by atoms with E-state index < -0.39 is 6.04 Å². The summed E-state index contributed by atoms with van der Waals surface area (Å²) in [6, 6.07) is 12.6. The number of hydrogen-bond acceptors (Lipinski definition) is 3. The fourth-order valence-corrected chi connectivity index (χ4v) is 3.52. The highest BCUT2D eigenvalue weighted by Crippen LogP contribution is 2.20. The number of ether oxygens (including phenoxy) is 1. The van der Waals surface area contributed by atoms with Crippen molar-refractivity contribution in [1.29, 1.82) is 0 Å². The van der Waals surface area contributed by atoms with E-state index in [1.807, 2.05) is 51.1 Å². The molecule has 1 N–H and O–H groups in total. The molecule has 0 saturated carbocycles. The standard InChI is InChI=1S/C25H33ClN2O3/c1-5-7-14-27-25(30)22(6-2)28(16-20-9-11-21(26)12-10-20)24(29)17-31-23-13-8-18(3)15-19(23)4/h8-13,15,22H,5-7,14,16-17H2,1-4H3,(H,27,30)/t22-/m1/s1. The molecule has 1 atom stereocenters. The summed E-state index contributed by atoms with van der Waals surface area (Å²) in [5.41, 5.74) is 3.01. The van der Waals surface area contributed by atoms with Crippen LogP contribution in [0.2, 0.25) is 5.02 Å². The van der Waals surface area contributed by atoms with E-state index in [-0.39, 0.29) is 18.4 Å². The molecule has 0 aliphatic rings. The Labute approximate surface area is 190 Å². The normalized spacial score (nSPS) is 11.6. The van der Waals surface area contributed by atoms with Crippen LogP contribution in [0.1, 0.15) is 49.8 Å². The minimum absolute atomic E-state index is 0.129. The van der Waals surface area contributed by atoms with Crippen LogP contribution in [0.3, 0.4) is 0 Å². The summed E-state index contributed by atoms with van der Waals surface area (Å²) in [5, 5.41) is 3.59. The summed E-state index contributed by atoms with van der Waals surface area (Å²) in [4.78, 5) is 27.6. The van der Waals surface area contributed by atoms with Crippen molar-refractivity contribution in [2.24, 2.45) is 0 Å². The van der Waals surface area contributed by atoms with Crippen molar-refractivity contribution in [2.75, 3.05) is 13.2 Å². The number of aryl methyl sites for hydroxylation is 2. The fraction of sp³-hybridized carbons (Fsp3) is 0.440. The molecule has 5 nitrogen and oxygen atoms in total. The number of hydrogen-bond donors (Lipinski definition) is 1. The molecule has 2 rings (SSSR count). The van der Waals surface area contributed by atoms with Crippen LogP contribution >= 0.6 is 11.6 Å². The van der Waals surface area contributed by atoms with Crippen LogP contribution in [0, 0.1) is 13.8 Å². The van der Waals surface area contributed by atoms with E-state index >= 15 is 0 Å². The first-order valence-electron chi connectivity index (χ1n) is 10.9. The number of carbonyl (C=O) groups is 2. The number of rotatable bonds is 11. The molecule has 0 fully saturated rings.